The monoisotopic (exact) mass is 523 g/mol. The van der Waals surface area contributed by atoms with Crippen molar-refractivity contribution in [3.8, 4) is 33.9 Å². The van der Waals surface area contributed by atoms with Gasteiger partial charge in [0.15, 0.2) is 5.82 Å². The van der Waals surface area contributed by atoms with Crippen LogP contribution in [0.25, 0.3) is 55.8 Å². The zero-order valence-electron chi connectivity index (χ0n) is 21.3. The number of anilines is 1. The van der Waals surface area contributed by atoms with Gasteiger partial charge in [0.25, 0.3) is 0 Å². The van der Waals surface area contributed by atoms with E-state index in [1.165, 1.54) is 24.5 Å². The second-order valence-electron chi connectivity index (χ2n) is 10.2. The Labute approximate surface area is 221 Å². The number of pyridine rings is 2. The molecule has 39 heavy (non-hydrogen) atoms. The van der Waals surface area contributed by atoms with Crippen LogP contribution in [0.3, 0.4) is 0 Å². The summed E-state index contributed by atoms with van der Waals surface area (Å²) in [7, 11) is 0. The smallest absolute Gasteiger partial charge is 0.229 e. The summed E-state index contributed by atoms with van der Waals surface area (Å²) in [6, 6.07) is 12.9. The van der Waals surface area contributed by atoms with Crippen molar-refractivity contribution in [2.24, 2.45) is 5.41 Å². The van der Waals surface area contributed by atoms with Crippen molar-refractivity contribution in [3.05, 3.63) is 78.8 Å². The molecule has 0 radical (unpaired) electrons. The van der Waals surface area contributed by atoms with Gasteiger partial charge < -0.3 is 10.3 Å². The molecule has 0 unspecified atom stereocenters. The molecular formula is C29H23F2N7O. The van der Waals surface area contributed by atoms with E-state index in [9.17, 15) is 9.18 Å². The molecule has 3 N–H and O–H groups in total. The molecule has 1 amide bonds. The molecule has 0 saturated heterocycles. The lowest BCUT2D eigenvalue weighted by atomic mass is 9.95. The van der Waals surface area contributed by atoms with Crippen LogP contribution in [0, 0.1) is 17.0 Å². The van der Waals surface area contributed by atoms with Crippen LogP contribution in [0.4, 0.5) is 14.5 Å². The van der Waals surface area contributed by atoms with E-state index < -0.39 is 11.2 Å². The summed E-state index contributed by atoms with van der Waals surface area (Å²) in [6.45, 7) is 5.43. The zero-order valence-corrected chi connectivity index (χ0v) is 21.3. The highest BCUT2D eigenvalue weighted by atomic mass is 19.1. The van der Waals surface area contributed by atoms with Crippen molar-refractivity contribution in [1.29, 1.82) is 0 Å². The van der Waals surface area contributed by atoms with Gasteiger partial charge in [-0.1, -0.05) is 32.9 Å². The number of hydrogen-bond donors (Lipinski definition) is 3. The minimum absolute atomic E-state index is 0.175. The highest BCUT2D eigenvalue weighted by molar-refractivity contribution is 5.99. The van der Waals surface area contributed by atoms with E-state index in [4.69, 9.17) is 0 Å². The molecule has 194 valence electrons. The number of hydrogen-bond acceptors (Lipinski definition) is 5. The summed E-state index contributed by atoms with van der Waals surface area (Å²) in [5.41, 5.74) is 3.67. The highest BCUT2D eigenvalue weighted by Crippen LogP contribution is 2.35. The van der Waals surface area contributed by atoms with Gasteiger partial charge in [-0.3, -0.25) is 19.9 Å². The minimum Gasteiger partial charge on any atom is -0.336 e. The number of aromatic amines is 2. The number of carbonyl (C=O) groups is 1. The van der Waals surface area contributed by atoms with Crippen LogP contribution >= 0.6 is 0 Å². The van der Waals surface area contributed by atoms with Gasteiger partial charge in [0.1, 0.15) is 22.8 Å². The Bertz CT molecular complexity index is 1880. The van der Waals surface area contributed by atoms with Crippen LogP contribution in [-0.4, -0.2) is 36.0 Å². The molecule has 6 aromatic rings. The molecule has 4 heterocycles. The number of amides is 1. The van der Waals surface area contributed by atoms with Gasteiger partial charge in [-0.05, 0) is 36.4 Å². The Hall–Kier alpha value is -4.99. The first-order chi connectivity index (χ1) is 18.7. The number of imidazole rings is 1. The number of halogens is 2. The van der Waals surface area contributed by atoms with Crippen molar-refractivity contribution in [2.45, 2.75) is 20.8 Å². The molecule has 8 nitrogen and oxygen atoms in total. The zero-order chi connectivity index (χ0) is 27.3. The summed E-state index contributed by atoms with van der Waals surface area (Å²) in [6.07, 6.45) is 4.66. The number of aromatic nitrogens is 6. The number of fused-ring (bicyclic) bond motifs is 2. The first-order valence-electron chi connectivity index (χ1n) is 12.2. The Kier molecular flexibility index (Phi) is 5.67. The molecule has 0 aliphatic heterocycles. The van der Waals surface area contributed by atoms with E-state index in [0.29, 0.717) is 50.4 Å². The van der Waals surface area contributed by atoms with Crippen LogP contribution in [-0.2, 0) is 4.79 Å². The van der Waals surface area contributed by atoms with Gasteiger partial charge >= 0.3 is 0 Å². The Morgan fingerprint density at radius 1 is 0.949 bits per heavy atom. The van der Waals surface area contributed by atoms with Crippen molar-refractivity contribution >= 4 is 33.5 Å². The quantitative estimate of drug-likeness (QED) is 0.244. The van der Waals surface area contributed by atoms with Crippen LogP contribution in [0.5, 0.6) is 0 Å². The minimum atomic E-state index is -0.595. The Morgan fingerprint density at radius 2 is 1.79 bits per heavy atom. The summed E-state index contributed by atoms with van der Waals surface area (Å²) < 4.78 is 30.0. The van der Waals surface area contributed by atoms with Gasteiger partial charge in [0.05, 0.1) is 34.0 Å². The Morgan fingerprint density at radius 3 is 2.59 bits per heavy atom. The first-order valence-corrected chi connectivity index (χ1v) is 12.2. The molecular weight excluding hydrogens is 500 g/mol. The summed E-state index contributed by atoms with van der Waals surface area (Å²) in [4.78, 5) is 28.9. The first kappa shape index (κ1) is 24.4. The standard InChI is InChI=1S/C29H23F2N7O/c1-29(2,3)28(39)34-18-12-16(13-32-14-18)19-7-8-20-22(23(19)31)26(38-37-20)27-35-21-9-10-33-24(25(21)36-27)15-5-4-6-17(30)11-15/h4-14H,1-3H3,(H,34,39)(H,35,36)(H,37,38). The van der Waals surface area contributed by atoms with E-state index in [1.54, 1.807) is 42.6 Å². The Balaban J connectivity index is 1.44. The predicted molar refractivity (Wildman–Crippen MR) is 146 cm³/mol. The second kappa shape index (κ2) is 9.09. The van der Waals surface area contributed by atoms with Gasteiger partial charge in [0, 0.05) is 34.5 Å². The predicted octanol–water partition coefficient (Wildman–Crippen LogP) is 6.49. The molecule has 0 fully saturated rings. The molecule has 0 aliphatic carbocycles. The van der Waals surface area contributed by atoms with Crippen molar-refractivity contribution < 1.29 is 13.6 Å². The largest absolute Gasteiger partial charge is 0.336 e. The molecule has 0 saturated carbocycles. The third kappa shape index (κ3) is 4.39. The molecule has 0 spiro atoms. The van der Waals surface area contributed by atoms with Crippen molar-refractivity contribution in [3.63, 3.8) is 0 Å². The lowest BCUT2D eigenvalue weighted by Gasteiger charge is -2.17. The van der Waals surface area contributed by atoms with Crippen LogP contribution in [0.1, 0.15) is 20.8 Å². The van der Waals surface area contributed by atoms with Gasteiger partial charge in [0.2, 0.25) is 5.91 Å². The topological polar surface area (TPSA) is 112 Å². The molecule has 6 rings (SSSR count). The maximum absolute atomic E-state index is 16.1. The van der Waals surface area contributed by atoms with E-state index in [2.05, 4.69) is 35.5 Å². The fourth-order valence-corrected chi connectivity index (χ4v) is 4.34. The summed E-state index contributed by atoms with van der Waals surface area (Å²) in [5.74, 6) is -0.735. The third-order valence-corrected chi connectivity index (χ3v) is 6.38. The van der Waals surface area contributed by atoms with Crippen LogP contribution < -0.4 is 5.32 Å². The maximum Gasteiger partial charge on any atom is 0.229 e. The molecule has 0 atom stereocenters. The van der Waals surface area contributed by atoms with Crippen molar-refractivity contribution in [1.82, 2.24) is 30.1 Å². The fraction of sp³-hybridized carbons (Fsp3) is 0.138. The highest BCUT2D eigenvalue weighted by Gasteiger charge is 2.23. The third-order valence-electron chi connectivity index (χ3n) is 6.38. The number of H-pyrrole nitrogens is 2. The number of rotatable bonds is 4. The number of benzene rings is 2. The molecule has 10 heteroatoms. The average molecular weight is 524 g/mol. The summed E-state index contributed by atoms with van der Waals surface area (Å²) in [5, 5.41) is 10.3. The molecule has 0 bridgehead atoms. The molecule has 4 aromatic heterocycles. The van der Waals surface area contributed by atoms with Gasteiger partial charge in [-0.15, -0.1) is 0 Å². The fourth-order valence-electron chi connectivity index (χ4n) is 4.34. The van der Waals surface area contributed by atoms with E-state index >= 15 is 4.39 Å². The average Bonchev–Trinajstić information content (AvgIpc) is 3.53. The number of carbonyl (C=O) groups excluding carboxylic acids is 1. The summed E-state index contributed by atoms with van der Waals surface area (Å²) >= 11 is 0. The maximum atomic E-state index is 16.1. The number of nitrogens with one attached hydrogen (secondary N) is 3. The van der Waals surface area contributed by atoms with E-state index in [-0.39, 0.29) is 22.8 Å². The SMILES string of the molecule is CC(C)(C)C(=O)Nc1cncc(-c2ccc3[nH]nc(-c4nc5c(-c6cccc(F)c6)nccc5[nH]4)c3c2F)c1. The molecule has 2 aromatic carbocycles. The lowest BCUT2D eigenvalue weighted by molar-refractivity contribution is -0.123. The van der Waals surface area contributed by atoms with Gasteiger partial charge in [-0.2, -0.15) is 5.10 Å². The van der Waals surface area contributed by atoms with Gasteiger partial charge in [-0.25, -0.2) is 13.8 Å². The van der Waals surface area contributed by atoms with Crippen molar-refractivity contribution in [2.75, 3.05) is 5.32 Å². The van der Waals surface area contributed by atoms with Crippen LogP contribution in [0.2, 0.25) is 0 Å². The lowest BCUT2D eigenvalue weighted by Crippen LogP contribution is -2.27. The van der Waals surface area contributed by atoms with E-state index in [1.807, 2.05) is 20.8 Å². The van der Waals surface area contributed by atoms with Crippen LogP contribution in [0.15, 0.2) is 67.1 Å². The van der Waals surface area contributed by atoms with E-state index in [0.717, 1.165) is 0 Å². The molecule has 0 aliphatic rings. The normalized spacial score (nSPS) is 11.8. The number of nitrogens with zero attached hydrogens (tertiary/aromatic N) is 4. The second-order valence-corrected chi connectivity index (χ2v) is 10.2.